The molecule has 0 saturated heterocycles. The molecule has 4 aromatic rings. The van der Waals surface area contributed by atoms with Crippen molar-refractivity contribution in [3.05, 3.63) is 88.8 Å². The third kappa shape index (κ3) is 3.14. The minimum Gasteiger partial charge on any atom is -0.222 e. The Bertz CT molecular complexity index is 1160. The van der Waals surface area contributed by atoms with Gasteiger partial charge in [-0.05, 0) is 11.1 Å². The van der Waals surface area contributed by atoms with Gasteiger partial charge in [0.05, 0.1) is 6.54 Å². The van der Waals surface area contributed by atoms with Crippen LogP contribution in [-0.4, -0.2) is 25.0 Å². The summed E-state index contributed by atoms with van der Waals surface area (Å²) in [5.41, 5.74) is 1.90. The first-order valence-electron chi connectivity index (χ1n) is 8.41. The second-order valence-corrected chi connectivity index (χ2v) is 6.46. The van der Waals surface area contributed by atoms with Crippen LogP contribution in [0.5, 0.6) is 0 Å². The molecule has 2 heterocycles. The maximum Gasteiger partial charge on any atom is 0.331 e. The van der Waals surface area contributed by atoms with Gasteiger partial charge in [0.1, 0.15) is 0 Å². The van der Waals surface area contributed by atoms with Crippen LogP contribution in [0.4, 0.5) is 8.78 Å². The normalized spacial score (nSPS) is 11.7. The van der Waals surface area contributed by atoms with Gasteiger partial charge in [0.25, 0.3) is 0 Å². The van der Waals surface area contributed by atoms with Crippen molar-refractivity contribution in [3.8, 4) is 0 Å². The van der Waals surface area contributed by atoms with Gasteiger partial charge in [-0.15, -0.1) is 5.10 Å². The number of benzene rings is 2. The molecule has 0 amide bonds. The summed E-state index contributed by atoms with van der Waals surface area (Å²) in [5.74, 6) is -4.11. The van der Waals surface area contributed by atoms with E-state index in [2.05, 4.69) is 26.9 Å². The van der Waals surface area contributed by atoms with Crippen LogP contribution >= 0.6 is 11.6 Å². The molecule has 2 aromatic heterocycles. The molecule has 0 spiro atoms. The largest absolute Gasteiger partial charge is 0.331 e. The van der Waals surface area contributed by atoms with E-state index < -0.39 is 11.7 Å². The summed E-state index contributed by atoms with van der Waals surface area (Å²) in [7, 11) is 0. The molecule has 0 radical (unpaired) electrons. The SMILES string of the molecule is C=Cc1ccccc1Cn1nnc2c(Cl)nc(C(F)(F)c3ccccc3)nc21. The first-order chi connectivity index (χ1) is 13.5. The molecule has 4 rings (SSSR count). The van der Waals surface area contributed by atoms with Crippen LogP contribution in [0.2, 0.25) is 5.15 Å². The van der Waals surface area contributed by atoms with Crippen molar-refractivity contribution in [2.24, 2.45) is 0 Å². The quantitative estimate of drug-likeness (QED) is 0.458. The van der Waals surface area contributed by atoms with Crippen LogP contribution < -0.4 is 0 Å². The number of fused-ring (bicyclic) bond motifs is 1. The summed E-state index contributed by atoms with van der Waals surface area (Å²) in [6.45, 7) is 4.07. The van der Waals surface area contributed by atoms with Crippen molar-refractivity contribution in [1.29, 1.82) is 0 Å². The van der Waals surface area contributed by atoms with Crippen molar-refractivity contribution in [1.82, 2.24) is 25.0 Å². The summed E-state index contributed by atoms with van der Waals surface area (Å²) in [6, 6.07) is 14.9. The molecule has 0 fully saturated rings. The van der Waals surface area contributed by atoms with Gasteiger partial charge < -0.3 is 0 Å². The molecule has 0 aliphatic heterocycles. The third-order valence-corrected chi connectivity index (χ3v) is 4.60. The van der Waals surface area contributed by atoms with Gasteiger partial charge in [0.2, 0.25) is 5.82 Å². The van der Waals surface area contributed by atoms with E-state index in [1.165, 1.54) is 28.9 Å². The van der Waals surface area contributed by atoms with Gasteiger partial charge in [0.15, 0.2) is 16.3 Å². The summed E-state index contributed by atoms with van der Waals surface area (Å²) in [4.78, 5) is 7.84. The molecule has 0 atom stereocenters. The van der Waals surface area contributed by atoms with Crippen molar-refractivity contribution in [2.75, 3.05) is 0 Å². The predicted octanol–water partition coefficient (Wildman–Crippen LogP) is 4.71. The van der Waals surface area contributed by atoms with Crippen molar-refractivity contribution >= 4 is 28.8 Å². The lowest BCUT2D eigenvalue weighted by molar-refractivity contribution is 0.0331. The lowest BCUT2D eigenvalue weighted by Gasteiger charge is -2.15. The highest BCUT2D eigenvalue weighted by Crippen LogP contribution is 2.35. The number of rotatable bonds is 5. The van der Waals surface area contributed by atoms with Crippen LogP contribution in [-0.2, 0) is 12.5 Å². The Morgan fingerprint density at radius 2 is 1.75 bits per heavy atom. The van der Waals surface area contributed by atoms with E-state index >= 15 is 0 Å². The van der Waals surface area contributed by atoms with Crippen molar-refractivity contribution in [2.45, 2.75) is 12.5 Å². The minimum atomic E-state index is -3.41. The molecular weight excluding hydrogens is 384 g/mol. The van der Waals surface area contributed by atoms with Crippen molar-refractivity contribution < 1.29 is 8.78 Å². The highest BCUT2D eigenvalue weighted by atomic mass is 35.5. The number of hydrogen-bond acceptors (Lipinski definition) is 4. The fourth-order valence-corrected chi connectivity index (χ4v) is 3.09. The predicted molar refractivity (Wildman–Crippen MR) is 103 cm³/mol. The molecule has 0 unspecified atom stereocenters. The smallest absolute Gasteiger partial charge is 0.222 e. The van der Waals surface area contributed by atoms with Gasteiger partial charge in [0, 0.05) is 5.56 Å². The summed E-state index contributed by atoms with van der Waals surface area (Å²) in [6.07, 6.45) is 1.71. The van der Waals surface area contributed by atoms with Gasteiger partial charge in [-0.25, -0.2) is 14.6 Å². The summed E-state index contributed by atoms with van der Waals surface area (Å²) < 4.78 is 31.3. The molecule has 0 bridgehead atoms. The topological polar surface area (TPSA) is 56.5 Å². The molecule has 0 aliphatic carbocycles. The fraction of sp³-hybridized carbons (Fsp3) is 0.100. The zero-order chi connectivity index (χ0) is 19.7. The second kappa shape index (κ2) is 7.09. The molecule has 0 N–H and O–H groups in total. The molecule has 0 saturated carbocycles. The molecule has 0 aliphatic rings. The van der Waals surface area contributed by atoms with E-state index in [1.807, 2.05) is 24.3 Å². The maximum atomic E-state index is 14.9. The van der Waals surface area contributed by atoms with E-state index in [0.29, 0.717) is 0 Å². The Balaban J connectivity index is 1.82. The Morgan fingerprint density at radius 1 is 1.04 bits per heavy atom. The first kappa shape index (κ1) is 18.2. The van der Waals surface area contributed by atoms with E-state index in [0.717, 1.165) is 11.1 Å². The molecule has 2 aromatic carbocycles. The first-order valence-corrected chi connectivity index (χ1v) is 8.79. The van der Waals surface area contributed by atoms with Crippen LogP contribution in [0.3, 0.4) is 0 Å². The minimum absolute atomic E-state index is 0.143. The molecule has 28 heavy (non-hydrogen) atoms. The maximum absolute atomic E-state index is 14.9. The standard InChI is InChI=1S/C20H14ClF2N5/c1-2-13-8-6-7-9-14(13)12-28-18-16(26-27-28)17(21)24-19(25-18)20(22,23)15-10-4-3-5-11-15/h2-11H,1,12H2. The summed E-state index contributed by atoms with van der Waals surface area (Å²) in [5, 5.41) is 7.81. The Morgan fingerprint density at radius 3 is 2.50 bits per heavy atom. The highest BCUT2D eigenvalue weighted by molar-refractivity contribution is 6.33. The average molecular weight is 398 g/mol. The van der Waals surface area contributed by atoms with Gasteiger partial charge >= 0.3 is 5.92 Å². The van der Waals surface area contributed by atoms with Gasteiger partial charge in [-0.2, -0.15) is 8.78 Å². The molecule has 140 valence electrons. The lowest BCUT2D eigenvalue weighted by Crippen LogP contribution is -2.20. The average Bonchev–Trinajstić information content (AvgIpc) is 3.12. The van der Waals surface area contributed by atoms with Crippen LogP contribution in [0, 0.1) is 0 Å². The van der Waals surface area contributed by atoms with E-state index in [4.69, 9.17) is 11.6 Å². The summed E-state index contributed by atoms with van der Waals surface area (Å²) >= 11 is 6.11. The van der Waals surface area contributed by atoms with Crippen molar-refractivity contribution in [3.63, 3.8) is 0 Å². The van der Waals surface area contributed by atoms with E-state index in [1.54, 1.807) is 12.1 Å². The zero-order valence-corrected chi connectivity index (χ0v) is 15.3. The monoisotopic (exact) mass is 397 g/mol. The molecular formula is C20H14ClF2N5. The van der Waals surface area contributed by atoms with Gasteiger partial charge in [-0.3, -0.25) is 0 Å². The highest BCUT2D eigenvalue weighted by Gasteiger charge is 2.38. The van der Waals surface area contributed by atoms with E-state index in [9.17, 15) is 8.78 Å². The van der Waals surface area contributed by atoms with Crippen LogP contribution in [0.1, 0.15) is 22.5 Å². The Kier molecular flexibility index (Phi) is 4.60. The number of alkyl halides is 2. The van der Waals surface area contributed by atoms with E-state index in [-0.39, 0.29) is 28.4 Å². The van der Waals surface area contributed by atoms with Gasteiger partial charge in [-0.1, -0.05) is 84.1 Å². The third-order valence-electron chi connectivity index (χ3n) is 4.33. The lowest BCUT2D eigenvalue weighted by atomic mass is 10.1. The molecule has 5 nitrogen and oxygen atoms in total. The van der Waals surface area contributed by atoms with Crippen LogP contribution in [0.15, 0.2) is 61.2 Å². The number of halogens is 3. The Labute approximate surface area is 164 Å². The fourth-order valence-electron chi connectivity index (χ4n) is 2.89. The Hall–Kier alpha value is -3.19. The molecule has 8 heteroatoms. The number of aromatic nitrogens is 5. The zero-order valence-electron chi connectivity index (χ0n) is 14.6. The number of nitrogens with zero attached hydrogens (tertiary/aromatic N) is 5. The van der Waals surface area contributed by atoms with Crippen LogP contribution in [0.25, 0.3) is 17.2 Å². The number of hydrogen-bond donors (Lipinski definition) is 0. The second-order valence-electron chi connectivity index (χ2n) is 6.10.